The van der Waals surface area contributed by atoms with Gasteiger partial charge in [-0.3, -0.25) is 9.79 Å². The van der Waals surface area contributed by atoms with Crippen molar-refractivity contribution in [3.05, 3.63) is 0 Å². The second-order valence-corrected chi connectivity index (χ2v) is 8.44. The van der Waals surface area contributed by atoms with Crippen LogP contribution in [0.15, 0.2) is 4.99 Å². The van der Waals surface area contributed by atoms with Crippen molar-refractivity contribution >= 4 is 11.9 Å². The van der Waals surface area contributed by atoms with E-state index in [1.165, 1.54) is 19.3 Å². The highest BCUT2D eigenvalue weighted by molar-refractivity contribution is 5.81. The Bertz CT molecular complexity index is 473. The van der Waals surface area contributed by atoms with Crippen molar-refractivity contribution in [2.45, 2.75) is 77.8 Å². The zero-order valence-electron chi connectivity index (χ0n) is 18.0. The monoisotopic (exact) mass is 379 g/mol. The van der Waals surface area contributed by atoms with Crippen molar-refractivity contribution in [3.8, 4) is 0 Å². The van der Waals surface area contributed by atoms with Gasteiger partial charge in [0.2, 0.25) is 5.91 Å². The molecule has 2 rings (SSSR count). The summed E-state index contributed by atoms with van der Waals surface area (Å²) in [7, 11) is 2.18. The topological polar surface area (TPSA) is 60.0 Å². The summed E-state index contributed by atoms with van der Waals surface area (Å²) in [5.41, 5.74) is 0. The lowest BCUT2D eigenvalue weighted by Gasteiger charge is -2.21. The Morgan fingerprint density at radius 2 is 1.96 bits per heavy atom. The third-order valence-corrected chi connectivity index (χ3v) is 5.96. The molecule has 0 aromatic heterocycles. The van der Waals surface area contributed by atoms with Gasteiger partial charge in [0, 0.05) is 44.2 Å². The Balaban J connectivity index is 1.72. The van der Waals surface area contributed by atoms with Crippen molar-refractivity contribution in [1.29, 1.82) is 0 Å². The lowest BCUT2D eigenvalue weighted by atomic mass is 10.1. The Hall–Kier alpha value is -1.30. The highest BCUT2D eigenvalue weighted by atomic mass is 16.2. The molecule has 27 heavy (non-hydrogen) atoms. The molecule has 6 heteroatoms. The molecule has 1 aliphatic heterocycles. The number of rotatable bonds is 9. The van der Waals surface area contributed by atoms with Gasteiger partial charge in [0.1, 0.15) is 0 Å². The number of guanidine groups is 1. The SMILES string of the molecule is CCNC(=NCCCCN(C)C(C)C)NC1CCN(C(=O)C2CCCC2)C1. The quantitative estimate of drug-likeness (QED) is 0.367. The van der Waals surface area contributed by atoms with Crippen LogP contribution in [0.25, 0.3) is 0 Å². The molecule has 2 fully saturated rings. The summed E-state index contributed by atoms with van der Waals surface area (Å²) in [6, 6.07) is 0.921. The first-order valence-corrected chi connectivity index (χ1v) is 11.0. The molecular weight excluding hydrogens is 338 g/mol. The van der Waals surface area contributed by atoms with E-state index in [0.29, 0.717) is 18.0 Å². The summed E-state index contributed by atoms with van der Waals surface area (Å²) in [4.78, 5) is 21.8. The van der Waals surface area contributed by atoms with E-state index in [1.807, 2.05) is 0 Å². The molecule has 156 valence electrons. The number of nitrogens with one attached hydrogen (secondary N) is 2. The number of hydrogen-bond acceptors (Lipinski definition) is 3. The molecule has 0 aromatic carbocycles. The molecule has 0 spiro atoms. The van der Waals surface area contributed by atoms with Crippen LogP contribution in [0.5, 0.6) is 0 Å². The first-order valence-electron chi connectivity index (χ1n) is 11.0. The zero-order chi connectivity index (χ0) is 19.6. The maximum Gasteiger partial charge on any atom is 0.225 e. The molecule has 1 saturated carbocycles. The Morgan fingerprint density at radius 3 is 2.63 bits per heavy atom. The molecule has 0 radical (unpaired) electrons. The van der Waals surface area contributed by atoms with Crippen LogP contribution in [-0.2, 0) is 4.79 Å². The fourth-order valence-corrected chi connectivity index (χ4v) is 3.94. The Kier molecular flexibility index (Phi) is 9.39. The van der Waals surface area contributed by atoms with Crippen LogP contribution in [0.1, 0.15) is 65.7 Å². The van der Waals surface area contributed by atoms with Gasteiger partial charge in [-0.15, -0.1) is 0 Å². The maximum absolute atomic E-state index is 12.6. The number of aliphatic imine (C=N–C) groups is 1. The molecule has 1 amide bonds. The molecule has 1 heterocycles. The average Bonchev–Trinajstić information content (AvgIpc) is 3.32. The predicted molar refractivity (Wildman–Crippen MR) is 113 cm³/mol. The van der Waals surface area contributed by atoms with Crippen molar-refractivity contribution in [2.75, 3.05) is 39.8 Å². The van der Waals surface area contributed by atoms with E-state index in [-0.39, 0.29) is 5.92 Å². The van der Waals surface area contributed by atoms with Gasteiger partial charge in [-0.05, 0) is 66.5 Å². The van der Waals surface area contributed by atoms with Crippen LogP contribution >= 0.6 is 0 Å². The van der Waals surface area contributed by atoms with Gasteiger partial charge in [-0.2, -0.15) is 0 Å². The first-order chi connectivity index (χ1) is 13.0. The number of unbranched alkanes of at least 4 members (excludes halogenated alkanes) is 1. The Morgan fingerprint density at radius 1 is 1.22 bits per heavy atom. The number of hydrogen-bond donors (Lipinski definition) is 2. The summed E-state index contributed by atoms with van der Waals surface area (Å²) < 4.78 is 0. The van der Waals surface area contributed by atoms with Crippen LogP contribution in [0.3, 0.4) is 0 Å². The van der Waals surface area contributed by atoms with Gasteiger partial charge in [-0.25, -0.2) is 0 Å². The molecule has 2 aliphatic rings. The summed E-state index contributed by atoms with van der Waals surface area (Å²) in [5.74, 6) is 1.57. The minimum atomic E-state index is 0.287. The number of amides is 1. The van der Waals surface area contributed by atoms with Crippen molar-refractivity contribution < 1.29 is 4.79 Å². The van der Waals surface area contributed by atoms with Gasteiger partial charge < -0.3 is 20.4 Å². The predicted octanol–water partition coefficient (Wildman–Crippen LogP) is 2.45. The first kappa shape index (κ1) is 22.0. The minimum Gasteiger partial charge on any atom is -0.357 e. The zero-order valence-corrected chi connectivity index (χ0v) is 18.0. The largest absolute Gasteiger partial charge is 0.357 e. The van der Waals surface area contributed by atoms with Crippen LogP contribution in [0, 0.1) is 5.92 Å². The molecule has 1 atom stereocenters. The second-order valence-electron chi connectivity index (χ2n) is 8.44. The van der Waals surface area contributed by atoms with Gasteiger partial charge >= 0.3 is 0 Å². The maximum atomic E-state index is 12.6. The molecule has 1 unspecified atom stereocenters. The number of carbonyl (C=O) groups is 1. The average molecular weight is 380 g/mol. The van der Waals surface area contributed by atoms with Crippen molar-refractivity contribution in [1.82, 2.24) is 20.4 Å². The van der Waals surface area contributed by atoms with Gasteiger partial charge in [0.05, 0.1) is 0 Å². The van der Waals surface area contributed by atoms with E-state index in [0.717, 1.165) is 64.4 Å². The summed E-state index contributed by atoms with van der Waals surface area (Å²) in [6.45, 7) is 11.1. The molecule has 0 bridgehead atoms. The van der Waals surface area contributed by atoms with Crippen molar-refractivity contribution in [2.24, 2.45) is 10.9 Å². The molecule has 1 aliphatic carbocycles. The highest BCUT2D eigenvalue weighted by Crippen LogP contribution is 2.27. The van der Waals surface area contributed by atoms with Crippen LogP contribution in [-0.4, -0.2) is 73.5 Å². The molecule has 2 N–H and O–H groups in total. The Labute approximate surface area is 166 Å². The fourth-order valence-electron chi connectivity index (χ4n) is 3.94. The van der Waals surface area contributed by atoms with E-state index < -0.39 is 0 Å². The molecule has 6 nitrogen and oxygen atoms in total. The van der Waals surface area contributed by atoms with Gasteiger partial charge in [-0.1, -0.05) is 12.8 Å². The van der Waals surface area contributed by atoms with E-state index in [9.17, 15) is 4.79 Å². The molecular formula is C21H41N5O. The van der Waals surface area contributed by atoms with E-state index in [1.54, 1.807) is 0 Å². The standard InChI is InChI=1S/C21H41N5O/c1-5-22-21(23-13-8-9-14-25(4)17(2)3)24-19-12-15-26(16-19)20(27)18-10-6-7-11-18/h17-19H,5-16H2,1-4H3,(H2,22,23,24). The molecule has 0 aromatic rings. The smallest absolute Gasteiger partial charge is 0.225 e. The third-order valence-electron chi connectivity index (χ3n) is 5.96. The summed E-state index contributed by atoms with van der Waals surface area (Å²) >= 11 is 0. The highest BCUT2D eigenvalue weighted by Gasteiger charge is 2.32. The second kappa shape index (κ2) is 11.5. The van der Waals surface area contributed by atoms with Crippen LogP contribution in [0.4, 0.5) is 0 Å². The van der Waals surface area contributed by atoms with Crippen LogP contribution in [0.2, 0.25) is 0 Å². The number of likely N-dealkylation sites (tertiary alicyclic amines) is 1. The van der Waals surface area contributed by atoms with Crippen molar-refractivity contribution in [3.63, 3.8) is 0 Å². The molecule has 1 saturated heterocycles. The van der Waals surface area contributed by atoms with Crippen LogP contribution < -0.4 is 10.6 Å². The summed E-state index contributed by atoms with van der Waals surface area (Å²) in [5, 5.41) is 6.90. The van der Waals surface area contributed by atoms with Gasteiger partial charge in [0.25, 0.3) is 0 Å². The number of carbonyl (C=O) groups excluding carboxylic acids is 1. The number of nitrogens with zero attached hydrogens (tertiary/aromatic N) is 3. The summed E-state index contributed by atoms with van der Waals surface area (Å²) in [6.07, 6.45) is 7.90. The fraction of sp³-hybridized carbons (Fsp3) is 0.905. The van der Waals surface area contributed by atoms with E-state index in [2.05, 4.69) is 48.3 Å². The normalized spacial score (nSPS) is 21.5. The van der Waals surface area contributed by atoms with E-state index in [4.69, 9.17) is 4.99 Å². The lowest BCUT2D eigenvalue weighted by Crippen LogP contribution is -2.45. The van der Waals surface area contributed by atoms with E-state index >= 15 is 0 Å². The minimum absolute atomic E-state index is 0.287. The third kappa shape index (κ3) is 7.32. The lowest BCUT2D eigenvalue weighted by molar-refractivity contribution is -0.134. The van der Waals surface area contributed by atoms with Gasteiger partial charge in [0.15, 0.2) is 5.96 Å².